The third kappa shape index (κ3) is 3.65. The van der Waals surface area contributed by atoms with Crippen LogP contribution in [0.1, 0.15) is 60.7 Å². The summed E-state index contributed by atoms with van der Waals surface area (Å²) in [6.07, 6.45) is 7.19. The molecule has 2 aromatic rings. The molecular formula is C22H28N4O. The standard InChI is InChI=1S/C22H28N4O/c27-22-19-15-25(13-10-20(19)23-21(24-22)17-6-7-17)14-16-4-8-18(9-5-16)26-11-2-1-3-12-26/h4-5,8-9,17H,1-3,6-7,10-15H2,(H,23,24,27). The van der Waals surface area contributed by atoms with Crippen LogP contribution in [0.3, 0.4) is 0 Å². The highest BCUT2D eigenvalue weighted by molar-refractivity contribution is 5.47. The molecule has 0 spiro atoms. The molecule has 3 aliphatic rings. The second-order valence-electron chi connectivity index (χ2n) is 8.33. The summed E-state index contributed by atoms with van der Waals surface area (Å²) in [4.78, 5) is 25.1. The quantitative estimate of drug-likeness (QED) is 0.905. The lowest BCUT2D eigenvalue weighted by Gasteiger charge is -2.30. The molecule has 5 nitrogen and oxygen atoms in total. The second-order valence-corrected chi connectivity index (χ2v) is 8.33. The molecule has 0 unspecified atom stereocenters. The van der Waals surface area contributed by atoms with Crippen LogP contribution in [0.4, 0.5) is 5.69 Å². The number of anilines is 1. The van der Waals surface area contributed by atoms with E-state index in [2.05, 4.69) is 39.0 Å². The van der Waals surface area contributed by atoms with Crippen LogP contribution in [0.5, 0.6) is 0 Å². The average Bonchev–Trinajstić information content (AvgIpc) is 3.55. The first-order valence-corrected chi connectivity index (χ1v) is 10.4. The molecule has 1 N–H and O–H groups in total. The Labute approximate surface area is 160 Å². The van der Waals surface area contributed by atoms with Crippen molar-refractivity contribution >= 4 is 5.69 Å². The van der Waals surface area contributed by atoms with Gasteiger partial charge >= 0.3 is 0 Å². The van der Waals surface area contributed by atoms with E-state index in [1.165, 1.54) is 56.4 Å². The molecule has 1 aromatic carbocycles. The molecule has 2 fully saturated rings. The highest BCUT2D eigenvalue weighted by Gasteiger charge is 2.29. The number of nitrogens with zero attached hydrogens (tertiary/aromatic N) is 3. The van der Waals surface area contributed by atoms with Crippen LogP contribution < -0.4 is 10.5 Å². The van der Waals surface area contributed by atoms with Crippen LogP contribution in [0.15, 0.2) is 29.1 Å². The minimum atomic E-state index is 0.0760. The molecule has 0 amide bonds. The van der Waals surface area contributed by atoms with Crippen molar-refractivity contribution in [1.82, 2.24) is 14.9 Å². The smallest absolute Gasteiger partial charge is 0.255 e. The van der Waals surface area contributed by atoms with Crippen molar-refractivity contribution in [2.24, 2.45) is 0 Å². The predicted octanol–water partition coefficient (Wildman–Crippen LogP) is 3.20. The maximum Gasteiger partial charge on any atom is 0.255 e. The molecular weight excluding hydrogens is 336 g/mol. The van der Waals surface area contributed by atoms with Gasteiger partial charge in [-0.1, -0.05) is 12.1 Å². The summed E-state index contributed by atoms with van der Waals surface area (Å²) in [5.74, 6) is 1.42. The Bertz CT molecular complexity index is 863. The number of hydrogen-bond acceptors (Lipinski definition) is 4. The zero-order chi connectivity index (χ0) is 18.2. The lowest BCUT2D eigenvalue weighted by molar-refractivity contribution is 0.241. The minimum absolute atomic E-state index is 0.0760. The first-order valence-electron chi connectivity index (χ1n) is 10.4. The van der Waals surface area contributed by atoms with Gasteiger partial charge in [-0.3, -0.25) is 9.69 Å². The number of rotatable bonds is 4. The molecule has 1 saturated heterocycles. The molecule has 1 saturated carbocycles. The van der Waals surface area contributed by atoms with Crippen LogP contribution in [0.2, 0.25) is 0 Å². The predicted molar refractivity (Wildman–Crippen MR) is 107 cm³/mol. The monoisotopic (exact) mass is 364 g/mol. The van der Waals surface area contributed by atoms with Crippen molar-refractivity contribution in [3.05, 3.63) is 57.3 Å². The largest absolute Gasteiger partial charge is 0.372 e. The van der Waals surface area contributed by atoms with Gasteiger partial charge in [-0.05, 0) is 49.8 Å². The van der Waals surface area contributed by atoms with Gasteiger partial charge in [-0.25, -0.2) is 4.98 Å². The van der Waals surface area contributed by atoms with Crippen molar-refractivity contribution in [1.29, 1.82) is 0 Å². The second kappa shape index (κ2) is 7.12. The maximum atomic E-state index is 12.5. The number of hydrogen-bond donors (Lipinski definition) is 1. The molecule has 2 aliphatic heterocycles. The molecule has 0 atom stereocenters. The van der Waals surface area contributed by atoms with Gasteiger partial charge in [0, 0.05) is 50.7 Å². The van der Waals surface area contributed by atoms with Crippen molar-refractivity contribution in [2.45, 2.75) is 57.5 Å². The molecule has 3 heterocycles. The normalized spacial score (nSPS) is 20.5. The third-order valence-corrected chi connectivity index (χ3v) is 6.19. The fourth-order valence-corrected chi connectivity index (χ4v) is 4.41. The fourth-order valence-electron chi connectivity index (χ4n) is 4.41. The molecule has 0 bridgehead atoms. The summed E-state index contributed by atoms with van der Waals surface area (Å²) in [7, 11) is 0. The van der Waals surface area contributed by atoms with Gasteiger partial charge < -0.3 is 9.88 Å². The molecule has 142 valence electrons. The number of aromatic amines is 1. The number of nitrogens with one attached hydrogen (secondary N) is 1. The molecule has 5 rings (SSSR count). The van der Waals surface area contributed by atoms with Gasteiger partial charge in [0.2, 0.25) is 0 Å². The molecule has 0 radical (unpaired) electrons. The SMILES string of the molecule is O=c1[nH]c(C2CC2)nc2c1CN(Cc1ccc(N3CCCCC3)cc1)CC2. The van der Waals surface area contributed by atoms with Crippen molar-refractivity contribution < 1.29 is 0 Å². The van der Waals surface area contributed by atoms with E-state index in [1.807, 2.05) is 0 Å². The third-order valence-electron chi connectivity index (χ3n) is 6.19. The van der Waals surface area contributed by atoms with Crippen molar-refractivity contribution in [2.75, 3.05) is 24.5 Å². The average molecular weight is 364 g/mol. The van der Waals surface area contributed by atoms with Crippen molar-refractivity contribution in [3.63, 3.8) is 0 Å². The van der Waals surface area contributed by atoms with Crippen LogP contribution in [0, 0.1) is 0 Å². The lowest BCUT2D eigenvalue weighted by atomic mass is 10.1. The Hall–Kier alpha value is -2.14. The highest BCUT2D eigenvalue weighted by atomic mass is 16.1. The van der Waals surface area contributed by atoms with E-state index in [1.54, 1.807) is 0 Å². The van der Waals surface area contributed by atoms with Crippen LogP contribution in [-0.2, 0) is 19.5 Å². The van der Waals surface area contributed by atoms with Crippen molar-refractivity contribution in [3.8, 4) is 0 Å². The van der Waals surface area contributed by atoms with E-state index in [4.69, 9.17) is 4.98 Å². The Morgan fingerprint density at radius 3 is 2.56 bits per heavy atom. The van der Waals surface area contributed by atoms with E-state index in [0.717, 1.165) is 36.6 Å². The number of piperidine rings is 1. The fraction of sp³-hybridized carbons (Fsp3) is 0.545. The van der Waals surface area contributed by atoms with Crippen LogP contribution >= 0.6 is 0 Å². The summed E-state index contributed by atoms with van der Waals surface area (Å²) in [6.45, 7) is 4.93. The number of H-pyrrole nitrogens is 1. The van der Waals surface area contributed by atoms with E-state index in [9.17, 15) is 4.79 Å². The Morgan fingerprint density at radius 2 is 1.81 bits per heavy atom. The van der Waals surface area contributed by atoms with Gasteiger partial charge in [0.25, 0.3) is 5.56 Å². The molecule has 1 aromatic heterocycles. The van der Waals surface area contributed by atoms with Gasteiger partial charge in [0.05, 0.1) is 11.3 Å². The zero-order valence-corrected chi connectivity index (χ0v) is 15.9. The first-order chi connectivity index (χ1) is 13.3. The molecule has 5 heteroatoms. The Morgan fingerprint density at radius 1 is 1.04 bits per heavy atom. The maximum absolute atomic E-state index is 12.5. The lowest BCUT2D eigenvalue weighted by Crippen LogP contribution is -2.35. The van der Waals surface area contributed by atoms with Gasteiger partial charge in [-0.15, -0.1) is 0 Å². The Kier molecular flexibility index (Phi) is 4.48. The van der Waals surface area contributed by atoms with E-state index < -0.39 is 0 Å². The van der Waals surface area contributed by atoms with Crippen LogP contribution in [0.25, 0.3) is 0 Å². The van der Waals surface area contributed by atoms with E-state index in [0.29, 0.717) is 12.5 Å². The molecule has 27 heavy (non-hydrogen) atoms. The summed E-state index contributed by atoms with van der Waals surface area (Å²) in [6, 6.07) is 9.01. The zero-order valence-electron chi connectivity index (χ0n) is 15.9. The van der Waals surface area contributed by atoms with E-state index >= 15 is 0 Å². The summed E-state index contributed by atoms with van der Waals surface area (Å²) >= 11 is 0. The number of fused-ring (bicyclic) bond motifs is 1. The summed E-state index contributed by atoms with van der Waals surface area (Å²) in [5.41, 5.74) is 4.63. The van der Waals surface area contributed by atoms with Gasteiger partial charge in [0.15, 0.2) is 0 Å². The van der Waals surface area contributed by atoms with Crippen LogP contribution in [-0.4, -0.2) is 34.5 Å². The highest BCUT2D eigenvalue weighted by Crippen LogP contribution is 2.37. The van der Waals surface area contributed by atoms with Gasteiger partial charge in [0.1, 0.15) is 5.82 Å². The minimum Gasteiger partial charge on any atom is -0.372 e. The first kappa shape index (κ1) is 17.0. The number of benzene rings is 1. The topological polar surface area (TPSA) is 52.2 Å². The Balaban J connectivity index is 1.26. The molecule has 1 aliphatic carbocycles. The summed E-state index contributed by atoms with van der Waals surface area (Å²) in [5, 5.41) is 0. The summed E-state index contributed by atoms with van der Waals surface area (Å²) < 4.78 is 0. The van der Waals surface area contributed by atoms with Gasteiger partial charge in [-0.2, -0.15) is 0 Å². The number of aromatic nitrogens is 2. The van der Waals surface area contributed by atoms with E-state index in [-0.39, 0.29) is 5.56 Å².